The number of ether oxygens (including phenoxy) is 1. The molecule has 3 heterocycles. The van der Waals surface area contributed by atoms with Crippen LogP contribution in [0.4, 0.5) is 5.82 Å². The van der Waals surface area contributed by atoms with Gasteiger partial charge in [-0.1, -0.05) is 23.4 Å². The molecule has 1 saturated heterocycles. The summed E-state index contributed by atoms with van der Waals surface area (Å²) in [4.78, 5) is 11.1. The van der Waals surface area contributed by atoms with Gasteiger partial charge in [-0.3, -0.25) is 0 Å². The smallest absolute Gasteiger partial charge is 0.259 e. The van der Waals surface area contributed by atoms with Crippen molar-refractivity contribution in [2.75, 3.05) is 31.1 Å². The SMILES string of the molecule is c1ccc(OCc2noc(-c3ccc(N4CCNCC4)nc3)n2)cc1. The van der Waals surface area contributed by atoms with Crippen LogP contribution in [0.25, 0.3) is 11.5 Å². The molecule has 25 heavy (non-hydrogen) atoms. The maximum absolute atomic E-state index is 5.63. The molecule has 0 atom stereocenters. The summed E-state index contributed by atoms with van der Waals surface area (Å²) < 4.78 is 10.9. The normalized spacial score (nSPS) is 14.5. The predicted molar refractivity (Wildman–Crippen MR) is 93.4 cm³/mol. The van der Waals surface area contributed by atoms with Gasteiger partial charge in [-0.25, -0.2) is 4.98 Å². The van der Waals surface area contributed by atoms with Gasteiger partial charge < -0.3 is 19.5 Å². The highest BCUT2D eigenvalue weighted by Crippen LogP contribution is 2.20. The van der Waals surface area contributed by atoms with Crippen LogP contribution in [0.2, 0.25) is 0 Å². The summed E-state index contributed by atoms with van der Waals surface area (Å²) in [6.45, 7) is 4.16. The Labute approximate surface area is 145 Å². The summed E-state index contributed by atoms with van der Waals surface area (Å²) in [6, 6.07) is 13.5. The van der Waals surface area contributed by atoms with Gasteiger partial charge in [0.1, 0.15) is 11.6 Å². The van der Waals surface area contributed by atoms with E-state index in [1.54, 1.807) is 6.20 Å². The molecule has 0 radical (unpaired) electrons. The van der Waals surface area contributed by atoms with Crippen LogP contribution >= 0.6 is 0 Å². The van der Waals surface area contributed by atoms with E-state index >= 15 is 0 Å². The standard InChI is InChI=1S/C18H19N5O2/c1-2-4-15(5-3-1)24-13-16-21-18(25-22-16)14-6-7-17(20-12-14)23-10-8-19-9-11-23/h1-7,12,19H,8-11,13H2. The number of benzene rings is 1. The molecule has 2 aromatic heterocycles. The van der Waals surface area contributed by atoms with Crippen LogP contribution in [0.3, 0.4) is 0 Å². The van der Waals surface area contributed by atoms with E-state index < -0.39 is 0 Å². The molecule has 1 N–H and O–H groups in total. The first-order valence-electron chi connectivity index (χ1n) is 8.31. The molecule has 1 aromatic carbocycles. The predicted octanol–water partition coefficient (Wildman–Crippen LogP) is 2.12. The van der Waals surface area contributed by atoms with Gasteiger partial charge in [-0.2, -0.15) is 4.98 Å². The number of pyridine rings is 1. The highest BCUT2D eigenvalue weighted by Gasteiger charge is 2.13. The molecule has 1 aliphatic heterocycles. The lowest BCUT2D eigenvalue weighted by atomic mass is 10.2. The summed E-state index contributed by atoms with van der Waals surface area (Å²) in [7, 11) is 0. The van der Waals surface area contributed by atoms with Crippen LogP contribution in [0.1, 0.15) is 5.82 Å². The molecule has 7 nitrogen and oxygen atoms in total. The Hall–Kier alpha value is -2.93. The van der Waals surface area contributed by atoms with Crippen molar-refractivity contribution >= 4 is 5.82 Å². The van der Waals surface area contributed by atoms with E-state index in [0.717, 1.165) is 43.3 Å². The topological polar surface area (TPSA) is 76.3 Å². The average Bonchev–Trinajstić information content (AvgIpc) is 3.17. The molecule has 7 heteroatoms. The first-order valence-corrected chi connectivity index (χ1v) is 8.31. The molecule has 0 saturated carbocycles. The molecule has 1 aliphatic rings. The van der Waals surface area contributed by atoms with Crippen LogP contribution in [0.15, 0.2) is 53.2 Å². The van der Waals surface area contributed by atoms with Gasteiger partial charge in [-0.15, -0.1) is 0 Å². The van der Waals surface area contributed by atoms with Crippen molar-refractivity contribution in [3.05, 3.63) is 54.5 Å². The third-order valence-corrected chi connectivity index (χ3v) is 4.02. The number of rotatable bonds is 5. The number of nitrogens with zero attached hydrogens (tertiary/aromatic N) is 4. The Morgan fingerprint density at radius 1 is 1.08 bits per heavy atom. The Kier molecular flexibility index (Phi) is 4.56. The highest BCUT2D eigenvalue weighted by atomic mass is 16.5. The molecule has 0 bridgehead atoms. The van der Waals surface area contributed by atoms with Crippen LogP contribution in [-0.4, -0.2) is 41.3 Å². The van der Waals surface area contributed by atoms with Gasteiger partial charge in [0.25, 0.3) is 5.89 Å². The number of aromatic nitrogens is 3. The lowest BCUT2D eigenvalue weighted by Gasteiger charge is -2.28. The van der Waals surface area contributed by atoms with E-state index in [4.69, 9.17) is 9.26 Å². The van der Waals surface area contributed by atoms with Crippen LogP contribution in [-0.2, 0) is 6.61 Å². The van der Waals surface area contributed by atoms with Crippen LogP contribution in [0, 0.1) is 0 Å². The molecule has 3 aromatic rings. The summed E-state index contributed by atoms with van der Waals surface area (Å²) in [5.74, 6) is 2.70. The quantitative estimate of drug-likeness (QED) is 0.764. The van der Waals surface area contributed by atoms with Gasteiger partial charge in [0, 0.05) is 32.4 Å². The molecular formula is C18H19N5O2. The fourth-order valence-corrected chi connectivity index (χ4v) is 2.69. The van der Waals surface area contributed by atoms with Gasteiger partial charge in [0.2, 0.25) is 5.82 Å². The van der Waals surface area contributed by atoms with E-state index in [0.29, 0.717) is 11.7 Å². The molecule has 0 amide bonds. The zero-order chi connectivity index (χ0) is 16.9. The molecule has 0 unspecified atom stereocenters. The van der Waals surface area contributed by atoms with Gasteiger partial charge in [0.15, 0.2) is 6.61 Å². The monoisotopic (exact) mass is 337 g/mol. The van der Waals surface area contributed by atoms with E-state index in [1.807, 2.05) is 42.5 Å². The Bertz CT molecular complexity index is 798. The number of piperazine rings is 1. The van der Waals surface area contributed by atoms with Crippen LogP contribution in [0.5, 0.6) is 5.75 Å². The second-order valence-corrected chi connectivity index (χ2v) is 5.76. The largest absolute Gasteiger partial charge is 0.485 e. The number of hydrogen-bond donors (Lipinski definition) is 1. The molecule has 128 valence electrons. The Morgan fingerprint density at radius 3 is 2.68 bits per heavy atom. The Morgan fingerprint density at radius 2 is 1.92 bits per heavy atom. The van der Waals surface area contributed by atoms with Crippen molar-refractivity contribution in [3.8, 4) is 17.2 Å². The molecule has 1 fully saturated rings. The van der Waals surface area contributed by atoms with Crippen molar-refractivity contribution < 1.29 is 9.26 Å². The van der Waals surface area contributed by atoms with Crippen molar-refractivity contribution in [1.29, 1.82) is 0 Å². The minimum Gasteiger partial charge on any atom is -0.485 e. The maximum Gasteiger partial charge on any atom is 0.259 e. The lowest BCUT2D eigenvalue weighted by Crippen LogP contribution is -2.43. The number of nitrogens with one attached hydrogen (secondary N) is 1. The fraction of sp³-hybridized carbons (Fsp3) is 0.278. The third kappa shape index (κ3) is 3.77. The average molecular weight is 337 g/mol. The van der Waals surface area contributed by atoms with E-state index in [2.05, 4.69) is 25.3 Å². The lowest BCUT2D eigenvalue weighted by molar-refractivity contribution is 0.287. The zero-order valence-electron chi connectivity index (χ0n) is 13.8. The molecule has 0 aliphatic carbocycles. The number of hydrogen-bond acceptors (Lipinski definition) is 7. The summed E-state index contributed by atoms with van der Waals surface area (Å²) >= 11 is 0. The van der Waals surface area contributed by atoms with Crippen molar-refractivity contribution in [2.24, 2.45) is 0 Å². The molecular weight excluding hydrogens is 318 g/mol. The number of para-hydroxylation sites is 1. The van der Waals surface area contributed by atoms with E-state index in [9.17, 15) is 0 Å². The molecule has 4 rings (SSSR count). The summed E-state index contributed by atoms with van der Waals surface area (Å²) in [5, 5.41) is 7.30. The second-order valence-electron chi connectivity index (χ2n) is 5.76. The fourth-order valence-electron chi connectivity index (χ4n) is 2.69. The first-order chi connectivity index (χ1) is 12.4. The summed E-state index contributed by atoms with van der Waals surface area (Å²) in [5.41, 5.74) is 0.803. The highest BCUT2D eigenvalue weighted by molar-refractivity contribution is 5.54. The maximum atomic E-state index is 5.63. The Balaban J connectivity index is 1.41. The van der Waals surface area contributed by atoms with Crippen molar-refractivity contribution in [1.82, 2.24) is 20.4 Å². The van der Waals surface area contributed by atoms with Crippen LogP contribution < -0.4 is 15.0 Å². The van der Waals surface area contributed by atoms with Gasteiger partial charge in [-0.05, 0) is 24.3 Å². The van der Waals surface area contributed by atoms with Crippen molar-refractivity contribution in [2.45, 2.75) is 6.61 Å². The third-order valence-electron chi connectivity index (χ3n) is 4.02. The first kappa shape index (κ1) is 15.6. The van der Waals surface area contributed by atoms with Crippen molar-refractivity contribution in [3.63, 3.8) is 0 Å². The second kappa shape index (κ2) is 7.31. The zero-order valence-corrected chi connectivity index (χ0v) is 13.8. The summed E-state index contributed by atoms with van der Waals surface area (Å²) in [6.07, 6.45) is 1.77. The number of anilines is 1. The van der Waals surface area contributed by atoms with E-state index in [1.165, 1.54) is 0 Å². The minimum atomic E-state index is 0.264. The van der Waals surface area contributed by atoms with E-state index in [-0.39, 0.29) is 6.61 Å². The van der Waals surface area contributed by atoms with Gasteiger partial charge in [0.05, 0.1) is 5.56 Å². The molecule has 0 spiro atoms. The minimum absolute atomic E-state index is 0.264. The van der Waals surface area contributed by atoms with Gasteiger partial charge >= 0.3 is 0 Å².